The molecule has 0 fully saturated rings. The Bertz CT molecular complexity index is 3290. The van der Waals surface area contributed by atoms with Crippen LogP contribution in [0.15, 0.2) is 91.1 Å². The molecular weight excluding hydrogens is 1090 g/mol. The van der Waals surface area contributed by atoms with Crippen molar-refractivity contribution in [2.75, 3.05) is 0 Å². The summed E-state index contributed by atoms with van der Waals surface area (Å²) >= 11 is 0. The molecule has 10 rings (SSSR count). The third-order valence-corrected chi connectivity index (χ3v) is 15.5. The van der Waals surface area contributed by atoms with Crippen molar-refractivity contribution in [2.45, 2.75) is 265 Å². The molecule has 0 saturated carbocycles. The van der Waals surface area contributed by atoms with Crippen LogP contribution in [0.1, 0.15) is 251 Å². The van der Waals surface area contributed by atoms with E-state index in [1.807, 2.05) is 102 Å². The van der Waals surface area contributed by atoms with E-state index in [0.29, 0.717) is 31.3 Å². The van der Waals surface area contributed by atoms with Gasteiger partial charge in [0, 0.05) is 113 Å². The van der Waals surface area contributed by atoms with E-state index in [4.69, 9.17) is 0 Å². The number of amides is 2. The topological polar surface area (TPSA) is 250 Å². The van der Waals surface area contributed by atoms with E-state index in [2.05, 4.69) is 119 Å². The number of allylic oxidation sites excluding steroid dienone is 8. The van der Waals surface area contributed by atoms with Gasteiger partial charge in [0.1, 0.15) is 0 Å². The second-order valence-electron chi connectivity index (χ2n) is 30.4. The lowest BCUT2D eigenvalue weighted by Crippen LogP contribution is -2.38. The van der Waals surface area contributed by atoms with E-state index < -0.39 is 0 Å². The number of hydrogen-bond donors (Lipinski definition) is 6. The average molecular weight is 1200 g/mol. The molecule has 4 aromatic heterocycles. The first-order chi connectivity index (χ1) is 39.4. The minimum absolute atomic E-state index is 0. The van der Waals surface area contributed by atoms with Crippen LogP contribution in [0.3, 0.4) is 0 Å². The van der Waals surface area contributed by atoms with Gasteiger partial charge in [-0.3, -0.25) is 73.4 Å². The lowest BCUT2D eigenvalue weighted by Gasteiger charge is -2.28. The molecule has 4 aromatic rings. The summed E-state index contributed by atoms with van der Waals surface area (Å²) in [5, 5.41) is 20.1. The molecule has 3 aliphatic heterocycles. The molecule has 17 nitrogen and oxygen atoms in total. The third-order valence-electron chi connectivity index (χ3n) is 15.5. The van der Waals surface area contributed by atoms with E-state index in [1.165, 1.54) is 42.8 Å². The van der Waals surface area contributed by atoms with Gasteiger partial charge in [0.05, 0.1) is 0 Å². The quantitative estimate of drug-likeness (QED) is 0.0915. The van der Waals surface area contributed by atoms with Crippen LogP contribution in [-0.4, -0.2) is 69.1 Å². The first kappa shape index (κ1) is 74.3. The maximum atomic E-state index is 12.0. The van der Waals surface area contributed by atoms with Gasteiger partial charge in [-0.2, -0.15) is 5.10 Å². The summed E-state index contributed by atoms with van der Waals surface area (Å²) in [6.45, 7) is 45.2. The molecule has 6 aliphatic rings. The fraction of sp³-hybridized carbons (Fsp3) is 0.614. The zero-order valence-corrected chi connectivity index (χ0v) is 56.1. The number of Topliss-reactive ketones (excluding diaryl/α,β-unsaturated/α-hetero) is 3. The normalized spacial score (nSPS) is 17.0. The van der Waals surface area contributed by atoms with Gasteiger partial charge in [0.15, 0.2) is 17.3 Å². The smallest absolute Gasteiger partial charge is 0.268 e. The predicted octanol–water partition coefficient (Wildman–Crippen LogP) is 13.4. The molecule has 7 heterocycles. The molecule has 2 amide bonds. The number of imide groups is 1. The Labute approximate surface area is 518 Å². The lowest BCUT2D eigenvalue weighted by molar-refractivity contribution is -0.129. The Morgan fingerprint density at radius 1 is 0.506 bits per heavy atom. The van der Waals surface area contributed by atoms with Crippen molar-refractivity contribution in [1.82, 2.24) is 45.3 Å². The zero-order chi connectivity index (χ0) is 65.1. The molecule has 0 atom stereocenters. The molecule has 3 aliphatic carbocycles. The molecule has 6 N–H and O–H groups in total. The number of hydrogen-bond acceptors (Lipinski definition) is 9. The Morgan fingerprint density at radius 3 is 1.39 bits per heavy atom. The maximum absolute atomic E-state index is 12.0. The highest BCUT2D eigenvalue weighted by Gasteiger charge is 2.33. The van der Waals surface area contributed by atoms with Crippen LogP contribution in [0.5, 0.6) is 0 Å². The van der Waals surface area contributed by atoms with Crippen molar-refractivity contribution in [3.05, 3.63) is 142 Å². The van der Waals surface area contributed by atoms with Crippen LogP contribution in [0.4, 0.5) is 0 Å². The fourth-order valence-corrected chi connectivity index (χ4v) is 11.0. The highest BCUT2D eigenvalue weighted by Crippen LogP contribution is 2.38. The molecule has 0 spiro atoms. The van der Waals surface area contributed by atoms with Gasteiger partial charge in [-0.1, -0.05) is 183 Å². The number of nitrogens with zero attached hydrogens (tertiary/aromatic N) is 3. The maximum Gasteiger partial charge on any atom is 0.268 e. The van der Waals surface area contributed by atoms with Crippen molar-refractivity contribution in [3.8, 4) is 0 Å². The SMILES string of the molecule is C.CC(C)(C)C1=CC2=C(CCCC2=O)CC1=O.CC(C)(C)C1=CC=CCC1=O.CC(C)(C)C1=CCC(=O)NC1=O.CC(C)(C)c1c2n([nH]c1=O)CCCC2.CC(C)(C)c1c2n([nH]c1=O)CCCC2.CC(C)(C)c1c[nH][nH]c1=O.CC(C)(C)c1ccn[nH]1. The molecule has 0 unspecified atom stereocenters. The number of aryl methyl sites for hydroxylation is 2. The van der Waals surface area contributed by atoms with Crippen molar-refractivity contribution >= 4 is 29.2 Å². The van der Waals surface area contributed by atoms with Crippen LogP contribution >= 0.6 is 0 Å². The predicted molar refractivity (Wildman–Crippen MR) is 352 cm³/mol. The molecule has 0 aromatic carbocycles. The Balaban J connectivity index is 0.000000267. The highest BCUT2D eigenvalue weighted by molar-refractivity contribution is 6.09. The monoisotopic (exact) mass is 1200 g/mol. The number of rotatable bonds is 0. The van der Waals surface area contributed by atoms with Gasteiger partial charge < -0.3 is 5.10 Å². The van der Waals surface area contributed by atoms with Gasteiger partial charge in [-0.15, -0.1) is 0 Å². The van der Waals surface area contributed by atoms with E-state index in [-0.39, 0.29) is 91.2 Å². The molecule has 482 valence electrons. The van der Waals surface area contributed by atoms with Crippen LogP contribution in [0.25, 0.3) is 0 Å². The third kappa shape index (κ3) is 21.4. The summed E-state index contributed by atoms with van der Waals surface area (Å²) in [6.07, 6.45) is 23.5. The van der Waals surface area contributed by atoms with Crippen molar-refractivity contribution in [3.63, 3.8) is 0 Å². The summed E-state index contributed by atoms with van der Waals surface area (Å²) in [6, 6.07) is 2.00. The average Bonchev–Trinajstić information content (AvgIpc) is 1.85. The van der Waals surface area contributed by atoms with E-state index in [9.17, 15) is 38.4 Å². The number of carbonyl (C=O) groups is 5. The minimum Gasteiger partial charge on any atom is -0.305 e. The van der Waals surface area contributed by atoms with E-state index in [1.54, 1.807) is 18.5 Å². The number of H-pyrrole nitrogens is 5. The van der Waals surface area contributed by atoms with Gasteiger partial charge in [-0.05, 0) is 96.0 Å². The van der Waals surface area contributed by atoms with Crippen molar-refractivity contribution < 1.29 is 24.0 Å². The Kier molecular flexibility index (Phi) is 25.5. The van der Waals surface area contributed by atoms with Gasteiger partial charge >= 0.3 is 0 Å². The standard InChI is InChI=1S/C14H18O2.2C11H18N2O.C10H14O.C9H13NO2.C7H12N2O.C7H12N2.CH4/c1-14(2,3)11-8-10-9(7-13(11)16)5-4-6-12(10)15;2*1-11(2,3)9-8-6-4-5-7-13(8)12-10(9)14;1-10(2,3)8-6-4-5-7-9(8)11;1-9(2,3)6-4-5-7(11)10-8(6)12;1-7(2,3)5-4-8-9-6(5)10;1-7(2,3)6-4-5-8-9-6;/h8H,4-7H2,1-3H3;2*4-7H2,1-3H3,(H,12,14);4-6H,7H2,1-3H3;4H,5H2,1-3H3,(H,10,11,12);4H,1-3H3,(H2,8,9,10);4-5H,1-3H3,(H,8,9);1H4. The summed E-state index contributed by atoms with van der Waals surface area (Å²) in [7, 11) is 0. The zero-order valence-electron chi connectivity index (χ0n) is 56.1. The molecule has 87 heavy (non-hydrogen) atoms. The molecule has 0 radical (unpaired) electrons. The number of fused-ring (bicyclic) bond motifs is 2. The van der Waals surface area contributed by atoms with Gasteiger partial charge in [-0.25, -0.2) is 0 Å². The van der Waals surface area contributed by atoms with Gasteiger partial charge in [0.25, 0.3) is 22.6 Å². The molecule has 0 saturated heterocycles. The number of aromatic amines is 5. The summed E-state index contributed by atoms with van der Waals surface area (Å²) in [5.41, 5.74) is 10.7. The molecule has 17 heteroatoms. The van der Waals surface area contributed by atoms with E-state index in [0.717, 1.165) is 77.8 Å². The number of nitrogens with one attached hydrogen (secondary N) is 6. The van der Waals surface area contributed by atoms with Crippen molar-refractivity contribution in [2.24, 2.45) is 16.2 Å². The summed E-state index contributed by atoms with van der Waals surface area (Å²) in [5.74, 6) is 0.211. The van der Waals surface area contributed by atoms with Crippen LogP contribution < -0.4 is 22.0 Å². The number of ketones is 3. The van der Waals surface area contributed by atoms with Gasteiger partial charge in [0.2, 0.25) is 5.91 Å². The highest BCUT2D eigenvalue weighted by atomic mass is 16.2. The Hall–Kier alpha value is -6.91. The molecular formula is C70H109N9O8. The fourth-order valence-electron chi connectivity index (χ4n) is 11.0. The summed E-state index contributed by atoms with van der Waals surface area (Å²) < 4.78 is 4.07. The minimum atomic E-state index is -0.251. The first-order valence-corrected chi connectivity index (χ1v) is 30.8. The summed E-state index contributed by atoms with van der Waals surface area (Å²) in [4.78, 5) is 91.7. The number of aromatic nitrogens is 8. The number of carbonyl (C=O) groups excluding carboxylic acids is 5. The van der Waals surface area contributed by atoms with Crippen LogP contribution in [0, 0.1) is 16.2 Å². The largest absolute Gasteiger partial charge is 0.305 e. The van der Waals surface area contributed by atoms with E-state index >= 15 is 0 Å². The lowest BCUT2D eigenvalue weighted by atomic mass is 9.74. The van der Waals surface area contributed by atoms with Crippen LogP contribution in [-0.2, 0) is 71.6 Å². The Morgan fingerprint density at radius 2 is 1.02 bits per heavy atom. The second-order valence-corrected chi connectivity index (χ2v) is 30.4. The van der Waals surface area contributed by atoms with Crippen LogP contribution in [0.2, 0.25) is 0 Å². The first-order valence-electron chi connectivity index (χ1n) is 30.8. The molecule has 0 bridgehead atoms. The second kappa shape index (κ2) is 29.9. The van der Waals surface area contributed by atoms with Crippen molar-refractivity contribution in [1.29, 1.82) is 0 Å².